The Labute approximate surface area is 315 Å². The lowest BCUT2D eigenvalue weighted by Crippen LogP contribution is -2.35. The average molecular weight is 758 g/mol. The van der Waals surface area contributed by atoms with Crippen LogP contribution in [0, 0.1) is 0 Å². The minimum absolute atomic E-state index is 0. The molecule has 0 saturated carbocycles. The largest absolute Gasteiger partial charge is 0.346 e. The van der Waals surface area contributed by atoms with Crippen molar-refractivity contribution in [2.75, 3.05) is 46.3 Å². The Morgan fingerprint density at radius 1 is 0.660 bits per heavy atom. The lowest BCUT2D eigenvalue weighted by atomic mass is 9.88. The van der Waals surface area contributed by atoms with Crippen LogP contribution in [-0.4, -0.2) is 101 Å². The van der Waals surface area contributed by atoms with Crippen molar-refractivity contribution in [2.45, 2.75) is 132 Å². The first-order valence-corrected chi connectivity index (χ1v) is 17.1. The molecule has 0 aromatic carbocycles. The number of hydrogen-bond acceptors (Lipinski definition) is 12. The number of aromatic nitrogens is 6. The van der Waals surface area contributed by atoms with Crippen LogP contribution in [0.2, 0.25) is 20.5 Å². The van der Waals surface area contributed by atoms with E-state index in [2.05, 4.69) is 66.7 Å². The van der Waals surface area contributed by atoms with Gasteiger partial charge in [0, 0.05) is 32.4 Å². The first-order chi connectivity index (χ1) is 21.9. The number of likely N-dealkylation sites (tertiary alicyclic amines) is 1. The fourth-order valence-corrected chi connectivity index (χ4v) is 5.60. The summed E-state index contributed by atoms with van der Waals surface area (Å²) < 4.78 is 15.7. The van der Waals surface area contributed by atoms with Crippen molar-refractivity contribution >= 4 is 44.4 Å². The second-order valence-electron chi connectivity index (χ2n) is 12.0. The Kier molecular flexibility index (Phi) is 32.1. The van der Waals surface area contributed by atoms with E-state index in [1.54, 1.807) is 0 Å². The molecule has 12 nitrogen and oxygen atoms in total. The minimum Gasteiger partial charge on any atom is -0.346 e. The second-order valence-corrected chi connectivity index (χ2v) is 12.0. The topological polar surface area (TPSA) is 135 Å². The van der Waals surface area contributed by atoms with Crippen LogP contribution >= 0.6 is 29.7 Å². The van der Waals surface area contributed by atoms with Crippen LogP contribution in [0.3, 0.4) is 0 Å². The minimum atomic E-state index is 0. The van der Waals surface area contributed by atoms with Gasteiger partial charge in [0.05, 0.1) is 17.8 Å². The van der Waals surface area contributed by atoms with Gasteiger partial charge in [0.15, 0.2) is 17.5 Å². The van der Waals surface area contributed by atoms with E-state index in [0.29, 0.717) is 17.8 Å². The Morgan fingerprint density at radius 2 is 1.08 bits per heavy atom. The number of nitrogens with zero attached hydrogens (tertiary/aromatic N) is 8. The van der Waals surface area contributed by atoms with Gasteiger partial charge in [-0.25, -0.2) is 0 Å². The van der Waals surface area contributed by atoms with Gasteiger partial charge in [-0.3, -0.25) is 0 Å². The van der Waals surface area contributed by atoms with Crippen LogP contribution in [-0.2, 0) is 19.3 Å². The fraction of sp³-hybridized carbons (Fsp3) is 0.818. The number of piperidine rings is 3. The monoisotopic (exact) mass is 758 g/mol. The molecule has 3 aliphatic heterocycles. The summed E-state index contributed by atoms with van der Waals surface area (Å²) in [6, 6.07) is 0. The van der Waals surface area contributed by atoms with Crippen molar-refractivity contribution in [1.29, 1.82) is 0 Å². The summed E-state index contributed by atoms with van der Waals surface area (Å²) >= 11 is 0. The molecule has 6 atom stereocenters. The van der Waals surface area contributed by atoms with Gasteiger partial charge < -0.3 is 28.6 Å². The van der Waals surface area contributed by atoms with Crippen molar-refractivity contribution in [3.05, 3.63) is 35.1 Å². The number of nitrogens with one attached hydrogen (secondary N) is 1. The predicted molar refractivity (Wildman–Crippen MR) is 225 cm³/mol. The standard InChI is InChI=1S/C10H17BN3O.C10H17N3O.C9H15N3O.C2H6B.2CH4.3H3P/c1-3-9-12-10(15-13-9)8-5-4-6-14(7-8)11-2;1-3-9-11-10(14-12-9)8-5-4-6-13(2)7-8;1-2-8-11-9(13-12-8)7-4-3-5-10-6-7;1-3-2;;;;;/h8H,3-7H2,1-2H3;8H,3-7H2,1-2H3;7,10H,2-6H2,1H3;1-2H3;2*1H4;3*1H3. The summed E-state index contributed by atoms with van der Waals surface area (Å²) in [5.74, 6) is 6.22. The Hall–Kier alpha value is -1.28. The number of hydrogen-bond donors (Lipinski definition) is 1. The summed E-state index contributed by atoms with van der Waals surface area (Å²) in [6.07, 6.45) is 9.69. The van der Waals surface area contributed by atoms with E-state index < -0.39 is 0 Å². The van der Waals surface area contributed by atoms with Gasteiger partial charge in [0.2, 0.25) is 25.1 Å². The van der Waals surface area contributed by atoms with Crippen LogP contribution in [0.4, 0.5) is 0 Å². The Balaban J connectivity index is -0.000000609. The van der Waals surface area contributed by atoms with Crippen molar-refractivity contribution in [3.8, 4) is 0 Å². The molecule has 6 heterocycles. The van der Waals surface area contributed by atoms with Crippen molar-refractivity contribution in [3.63, 3.8) is 0 Å². The van der Waals surface area contributed by atoms with Crippen LogP contribution < -0.4 is 5.32 Å². The third kappa shape index (κ3) is 18.0. The molecule has 0 bridgehead atoms. The zero-order valence-electron chi connectivity index (χ0n) is 30.9. The molecule has 3 aliphatic rings. The summed E-state index contributed by atoms with van der Waals surface area (Å²) in [4.78, 5) is 17.8. The molecule has 6 rings (SSSR count). The summed E-state index contributed by atoms with van der Waals surface area (Å²) in [7, 11) is 6.28. The SMILES string of the molecule is C.C.CCc1noc(C2CCCN(C)C2)n1.CCc1noc(C2CCCNC2)n1.C[B]C.C[B]N1CCCC(c2nc(CC)no2)C1.P.P.P. The first kappa shape index (κ1) is 53.1. The molecule has 0 aliphatic carbocycles. The lowest BCUT2D eigenvalue weighted by molar-refractivity contribution is 0.220. The molecule has 3 aromatic heterocycles. The summed E-state index contributed by atoms with van der Waals surface area (Å²) in [5.41, 5.74) is 0. The second kappa shape index (κ2) is 30.2. The van der Waals surface area contributed by atoms with E-state index in [1.165, 1.54) is 38.6 Å². The maximum Gasteiger partial charge on any atom is 0.231 e. The van der Waals surface area contributed by atoms with Gasteiger partial charge in [0.1, 0.15) is 7.28 Å². The molecule has 288 valence electrons. The quantitative estimate of drug-likeness (QED) is 0.216. The lowest BCUT2D eigenvalue weighted by Gasteiger charge is -2.29. The smallest absolute Gasteiger partial charge is 0.231 e. The van der Waals surface area contributed by atoms with E-state index in [9.17, 15) is 0 Å². The maximum atomic E-state index is 5.29. The van der Waals surface area contributed by atoms with Crippen LogP contribution in [0.5, 0.6) is 0 Å². The highest BCUT2D eigenvalue weighted by molar-refractivity contribution is 6.92. The van der Waals surface area contributed by atoms with E-state index in [-0.39, 0.29) is 44.6 Å². The van der Waals surface area contributed by atoms with Gasteiger partial charge in [-0.2, -0.15) is 44.6 Å². The van der Waals surface area contributed by atoms with Gasteiger partial charge in [0.25, 0.3) is 0 Å². The zero-order chi connectivity index (χ0) is 32.4. The highest BCUT2D eigenvalue weighted by Crippen LogP contribution is 2.26. The van der Waals surface area contributed by atoms with E-state index in [0.717, 1.165) is 93.6 Å². The Morgan fingerprint density at radius 3 is 1.46 bits per heavy atom. The van der Waals surface area contributed by atoms with Gasteiger partial charge in [-0.05, 0) is 71.8 Å². The molecule has 50 heavy (non-hydrogen) atoms. The zero-order valence-corrected chi connectivity index (χ0v) is 35.2. The first-order valence-electron chi connectivity index (χ1n) is 17.1. The molecule has 3 fully saturated rings. The molecule has 3 aromatic rings. The molecular weight excluding hydrogens is 685 g/mol. The third-order valence-corrected chi connectivity index (χ3v) is 8.19. The number of likely N-dealkylation sites (N-methyl/N-ethyl adjacent to an activating group) is 1. The molecule has 1 N–H and O–H groups in total. The molecular formula is C33H72B2N9O3P3. The van der Waals surface area contributed by atoms with Crippen molar-refractivity contribution in [2.24, 2.45) is 0 Å². The summed E-state index contributed by atoms with van der Waals surface area (Å²) in [5, 5.41) is 15.1. The summed E-state index contributed by atoms with van der Waals surface area (Å²) in [6.45, 7) is 18.7. The molecule has 0 amide bonds. The van der Waals surface area contributed by atoms with Crippen LogP contribution in [0.1, 0.15) is 127 Å². The Bertz CT molecular complexity index is 1200. The normalized spacial score (nSPS) is 19.9. The van der Waals surface area contributed by atoms with Gasteiger partial charge in [-0.15, -0.1) is 0 Å². The fourth-order valence-electron chi connectivity index (χ4n) is 5.60. The molecule has 2 radical (unpaired) electrons. The molecule has 6 unspecified atom stereocenters. The van der Waals surface area contributed by atoms with Crippen LogP contribution in [0.25, 0.3) is 0 Å². The highest BCUT2D eigenvalue weighted by Gasteiger charge is 2.25. The van der Waals surface area contributed by atoms with E-state index >= 15 is 0 Å². The van der Waals surface area contributed by atoms with Gasteiger partial charge >= 0.3 is 0 Å². The number of aryl methyl sites for hydroxylation is 3. The average Bonchev–Trinajstić information content (AvgIpc) is 3.88. The molecule has 0 spiro atoms. The van der Waals surface area contributed by atoms with Crippen molar-refractivity contribution in [1.82, 2.24) is 45.4 Å². The predicted octanol–water partition coefficient (Wildman–Crippen LogP) is 6.25. The van der Waals surface area contributed by atoms with E-state index in [4.69, 9.17) is 13.6 Å². The third-order valence-electron chi connectivity index (χ3n) is 8.19. The van der Waals surface area contributed by atoms with Crippen molar-refractivity contribution < 1.29 is 13.6 Å². The molecule has 3 saturated heterocycles. The van der Waals surface area contributed by atoms with E-state index in [1.807, 2.05) is 41.7 Å². The van der Waals surface area contributed by atoms with Gasteiger partial charge in [-0.1, -0.05) is 71.6 Å². The number of rotatable bonds is 7. The van der Waals surface area contributed by atoms with Crippen LogP contribution in [0.15, 0.2) is 13.6 Å². The highest BCUT2D eigenvalue weighted by atomic mass is 31.0. The molecule has 17 heteroatoms. The maximum absolute atomic E-state index is 5.29.